The Morgan fingerprint density at radius 1 is 1.20 bits per heavy atom. The predicted molar refractivity (Wildman–Crippen MR) is 89.3 cm³/mol. The fourth-order valence-corrected chi connectivity index (χ4v) is 4.10. The highest BCUT2D eigenvalue weighted by atomic mass is 16.2. The molecule has 0 radical (unpaired) electrons. The molecule has 4 rings (SSSR count). The van der Waals surface area contributed by atoms with Crippen molar-refractivity contribution in [2.45, 2.75) is 58.5 Å². The number of rotatable bonds is 3. The molecule has 0 spiro atoms. The van der Waals surface area contributed by atoms with Crippen molar-refractivity contribution in [3.63, 3.8) is 0 Å². The van der Waals surface area contributed by atoms with Gasteiger partial charge in [-0.3, -0.25) is 9.59 Å². The van der Waals surface area contributed by atoms with Gasteiger partial charge in [-0.25, -0.2) is 4.68 Å². The van der Waals surface area contributed by atoms with Crippen LogP contribution in [0.5, 0.6) is 0 Å². The lowest BCUT2D eigenvalue weighted by Crippen LogP contribution is -2.41. The van der Waals surface area contributed by atoms with Crippen molar-refractivity contribution < 1.29 is 9.59 Å². The number of amides is 2. The first-order valence-corrected chi connectivity index (χ1v) is 9.28. The number of carbonyl (C=O) groups is 2. The number of fused-ring (bicyclic) bond motifs is 1. The second-order valence-electron chi connectivity index (χ2n) is 8.37. The summed E-state index contributed by atoms with van der Waals surface area (Å²) in [4.78, 5) is 27.0. The Balaban J connectivity index is 1.29. The van der Waals surface area contributed by atoms with Crippen LogP contribution in [0, 0.1) is 17.3 Å². The maximum atomic E-state index is 12.9. The summed E-state index contributed by atoms with van der Waals surface area (Å²) >= 11 is 0. The summed E-state index contributed by atoms with van der Waals surface area (Å²) in [7, 11) is 0. The highest BCUT2D eigenvalue weighted by Gasteiger charge is 2.51. The summed E-state index contributed by atoms with van der Waals surface area (Å²) in [5.74, 6) is 1.39. The number of tetrazole rings is 1. The third-order valence-electron chi connectivity index (χ3n) is 6.04. The van der Waals surface area contributed by atoms with E-state index in [1.165, 1.54) is 0 Å². The SMILES string of the molecule is CC1(C)CC1C(=O)NC1CCN(C(=O)C2CCc3nnnn3CC2)C1. The summed E-state index contributed by atoms with van der Waals surface area (Å²) in [5, 5.41) is 14.8. The first kappa shape index (κ1) is 16.5. The number of aromatic nitrogens is 4. The van der Waals surface area contributed by atoms with E-state index in [1.54, 1.807) is 4.68 Å². The monoisotopic (exact) mass is 346 g/mol. The second kappa shape index (κ2) is 6.07. The van der Waals surface area contributed by atoms with Crippen LogP contribution >= 0.6 is 0 Å². The predicted octanol–water partition coefficient (Wildman–Crippen LogP) is 0.389. The molecule has 1 saturated carbocycles. The minimum absolute atomic E-state index is 0.0142. The summed E-state index contributed by atoms with van der Waals surface area (Å²) in [6, 6.07) is 0.0972. The molecule has 1 saturated heterocycles. The van der Waals surface area contributed by atoms with Crippen LogP contribution in [0.1, 0.15) is 45.4 Å². The van der Waals surface area contributed by atoms with Crippen molar-refractivity contribution >= 4 is 11.8 Å². The zero-order valence-corrected chi connectivity index (χ0v) is 14.9. The van der Waals surface area contributed by atoms with Gasteiger partial charge in [0.25, 0.3) is 0 Å². The van der Waals surface area contributed by atoms with Crippen molar-refractivity contribution in [2.24, 2.45) is 17.3 Å². The molecule has 0 bridgehead atoms. The Kier molecular flexibility index (Phi) is 4.00. The van der Waals surface area contributed by atoms with E-state index < -0.39 is 0 Å². The molecule has 1 N–H and O–H groups in total. The maximum absolute atomic E-state index is 12.9. The average molecular weight is 346 g/mol. The first-order valence-electron chi connectivity index (χ1n) is 9.28. The quantitative estimate of drug-likeness (QED) is 0.854. The van der Waals surface area contributed by atoms with Crippen LogP contribution < -0.4 is 5.32 Å². The van der Waals surface area contributed by atoms with Crippen molar-refractivity contribution in [3.8, 4) is 0 Å². The lowest BCUT2D eigenvalue weighted by molar-refractivity contribution is -0.135. The molecular formula is C17H26N6O2. The molecule has 136 valence electrons. The molecule has 0 aromatic carbocycles. The summed E-state index contributed by atoms with van der Waals surface area (Å²) in [6.45, 7) is 6.33. The van der Waals surface area contributed by atoms with Crippen LogP contribution in [-0.4, -0.2) is 56.1 Å². The van der Waals surface area contributed by atoms with Crippen LogP contribution in [0.4, 0.5) is 0 Å². The first-order chi connectivity index (χ1) is 11.9. The lowest BCUT2D eigenvalue weighted by Gasteiger charge is -2.22. The normalized spacial score (nSPS) is 30.5. The number of hydrogen-bond donors (Lipinski definition) is 1. The number of nitrogens with zero attached hydrogens (tertiary/aromatic N) is 5. The number of aryl methyl sites for hydroxylation is 2. The van der Waals surface area contributed by atoms with Gasteiger partial charge < -0.3 is 10.2 Å². The minimum atomic E-state index is 0.0142. The fourth-order valence-electron chi connectivity index (χ4n) is 4.10. The van der Waals surface area contributed by atoms with Crippen LogP contribution in [0.15, 0.2) is 0 Å². The van der Waals surface area contributed by atoms with E-state index in [1.807, 2.05) is 4.90 Å². The van der Waals surface area contributed by atoms with Gasteiger partial charge in [0, 0.05) is 43.9 Å². The van der Waals surface area contributed by atoms with Crippen molar-refractivity contribution in [3.05, 3.63) is 5.82 Å². The van der Waals surface area contributed by atoms with E-state index >= 15 is 0 Å². The second-order valence-corrected chi connectivity index (χ2v) is 8.37. The molecule has 2 aliphatic heterocycles. The van der Waals surface area contributed by atoms with E-state index in [0.29, 0.717) is 13.1 Å². The molecule has 2 fully saturated rings. The molecule has 3 aliphatic rings. The van der Waals surface area contributed by atoms with Crippen molar-refractivity contribution in [1.29, 1.82) is 0 Å². The van der Waals surface area contributed by atoms with Gasteiger partial charge in [0.05, 0.1) is 0 Å². The minimum Gasteiger partial charge on any atom is -0.351 e. The van der Waals surface area contributed by atoms with Crippen LogP contribution in [0.3, 0.4) is 0 Å². The average Bonchev–Trinajstić information content (AvgIpc) is 2.90. The molecule has 1 aliphatic carbocycles. The number of likely N-dealkylation sites (tertiary alicyclic amines) is 1. The largest absolute Gasteiger partial charge is 0.351 e. The van der Waals surface area contributed by atoms with Gasteiger partial charge >= 0.3 is 0 Å². The van der Waals surface area contributed by atoms with E-state index in [0.717, 1.165) is 44.5 Å². The Morgan fingerprint density at radius 2 is 2.00 bits per heavy atom. The summed E-state index contributed by atoms with van der Waals surface area (Å²) in [5.41, 5.74) is 0.145. The smallest absolute Gasteiger partial charge is 0.225 e. The molecule has 25 heavy (non-hydrogen) atoms. The maximum Gasteiger partial charge on any atom is 0.225 e. The number of carbonyl (C=O) groups excluding carboxylic acids is 2. The van der Waals surface area contributed by atoms with Gasteiger partial charge in [0.1, 0.15) is 0 Å². The fraction of sp³-hybridized carbons (Fsp3) is 0.824. The molecule has 1 aromatic rings. The Labute approximate surface area is 147 Å². The van der Waals surface area contributed by atoms with Crippen LogP contribution in [0.2, 0.25) is 0 Å². The van der Waals surface area contributed by atoms with Gasteiger partial charge in [-0.05, 0) is 41.5 Å². The van der Waals surface area contributed by atoms with Gasteiger partial charge in [0.15, 0.2) is 5.82 Å². The van der Waals surface area contributed by atoms with E-state index in [9.17, 15) is 9.59 Å². The topological polar surface area (TPSA) is 93.0 Å². The summed E-state index contributed by atoms with van der Waals surface area (Å²) in [6.07, 6.45) is 4.14. The van der Waals surface area contributed by atoms with Gasteiger partial charge in [0.2, 0.25) is 11.8 Å². The zero-order valence-electron chi connectivity index (χ0n) is 14.9. The molecule has 3 heterocycles. The molecule has 3 atom stereocenters. The van der Waals surface area contributed by atoms with Gasteiger partial charge in [-0.2, -0.15) is 0 Å². The van der Waals surface area contributed by atoms with Gasteiger partial charge in [-0.15, -0.1) is 5.10 Å². The van der Waals surface area contributed by atoms with E-state index in [4.69, 9.17) is 0 Å². The molecule has 3 unspecified atom stereocenters. The number of hydrogen-bond acceptors (Lipinski definition) is 5. The molecule has 2 amide bonds. The molecule has 1 aromatic heterocycles. The summed E-state index contributed by atoms with van der Waals surface area (Å²) < 4.78 is 1.80. The van der Waals surface area contributed by atoms with Crippen molar-refractivity contribution in [2.75, 3.05) is 13.1 Å². The van der Waals surface area contributed by atoms with E-state index in [2.05, 4.69) is 34.7 Å². The van der Waals surface area contributed by atoms with Gasteiger partial charge in [-0.1, -0.05) is 13.8 Å². The number of nitrogens with one attached hydrogen (secondary N) is 1. The highest BCUT2D eigenvalue weighted by Crippen LogP contribution is 2.51. The standard InChI is InChI=1S/C17H26N6O2/c1-17(2)9-13(17)15(24)18-12-6-7-22(10-12)16(25)11-3-4-14-19-20-21-23(14)8-5-11/h11-13H,3-10H2,1-2H3,(H,18,24). The molecular weight excluding hydrogens is 320 g/mol. The Hall–Kier alpha value is -1.99. The zero-order chi connectivity index (χ0) is 17.6. The third-order valence-corrected chi connectivity index (χ3v) is 6.04. The van der Waals surface area contributed by atoms with Crippen LogP contribution in [-0.2, 0) is 22.6 Å². The van der Waals surface area contributed by atoms with E-state index in [-0.39, 0.29) is 35.1 Å². The molecule has 8 heteroatoms. The molecule has 8 nitrogen and oxygen atoms in total. The third kappa shape index (κ3) is 3.26. The van der Waals surface area contributed by atoms with Crippen molar-refractivity contribution in [1.82, 2.24) is 30.4 Å². The Morgan fingerprint density at radius 3 is 2.76 bits per heavy atom. The highest BCUT2D eigenvalue weighted by molar-refractivity contribution is 5.83. The van der Waals surface area contributed by atoms with Crippen LogP contribution in [0.25, 0.3) is 0 Å². The lowest BCUT2D eigenvalue weighted by atomic mass is 9.99. The Bertz CT molecular complexity index is 662.